The number of carbonyl (C=O) groups is 1. The van der Waals surface area contributed by atoms with Crippen molar-refractivity contribution in [3.8, 4) is 0 Å². The van der Waals surface area contributed by atoms with Crippen LogP contribution in [0.15, 0.2) is 28.0 Å². The zero-order valence-corrected chi connectivity index (χ0v) is 19.1. The summed E-state index contributed by atoms with van der Waals surface area (Å²) in [7, 11) is 2.09. The Kier molecular flexibility index (Phi) is 5.95. The number of hydrogen-bond acceptors (Lipinski definition) is 7. The molecule has 0 aromatic carbocycles. The molecule has 2 fully saturated rings. The predicted molar refractivity (Wildman–Crippen MR) is 126 cm³/mol. The van der Waals surface area contributed by atoms with E-state index in [1.165, 1.54) is 11.8 Å². The Morgan fingerprint density at radius 3 is 2.67 bits per heavy atom. The molecule has 9 heteroatoms. The fourth-order valence-electron chi connectivity index (χ4n) is 3.73. The highest BCUT2D eigenvalue weighted by Gasteiger charge is 2.32. The number of thioether (sulfide) groups is 1. The van der Waals surface area contributed by atoms with Gasteiger partial charge in [-0.05, 0) is 38.1 Å². The molecule has 4 heterocycles. The first-order valence-electron chi connectivity index (χ1n) is 10.1. The van der Waals surface area contributed by atoms with Crippen LogP contribution in [0.4, 0.5) is 5.82 Å². The summed E-state index contributed by atoms with van der Waals surface area (Å²) >= 11 is 6.64. The number of piperazine rings is 1. The summed E-state index contributed by atoms with van der Waals surface area (Å²) in [6.45, 7) is 7.90. The molecule has 0 saturated carbocycles. The zero-order chi connectivity index (χ0) is 21.4. The Labute approximate surface area is 185 Å². The summed E-state index contributed by atoms with van der Waals surface area (Å²) in [5, 5.41) is 0. The molecular weight excluding hydrogens is 418 g/mol. The summed E-state index contributed by atoms with van der Waals surface area (Å²) in [5.41, 5.74) is 1.86. The minimum absolute atomic E-state index is 0.134. The molecule has 30 heavy (non-hydrogen) atoms. The second-order valence-corrected chi connectivity index (χ2v) is 9.34. The van der Waals surface area contributed by atoms with Crippen LogP contribution in [0.5, 0.6) is 0 Å². The van der Waals surface area contributed by atoms with Gasteiger partial charge in [-0.2, -0.15) is 0 Å². The SMILES string of the molecule is CCCN1C(=O)C(=Cc2c(N3CCN(C)CC3)nc3c(C)cccn3c2=O)SC1=S. The van der Waals surface area contributed by atoms with Gasteiger partial charge in [0.15, 0.2) is 0 Å². The monoisotopic (exact) mass is 443 g/mol. The summed E-state index contributed by atoms with van der Waals surface area (Å²) in [6.07, 6.45) is 4.24. The lowest BCUT2D eigenvalue weighted by molar-refractivity contribution is -0.122. The van der Waals surface area contributed by atoms with E-state index in [1.807, 2.05) is 26.0 Å². The topological polar surface area (TPSA) is 61.2 Å². The van der Waals surface area contributed by atoms with Gasteiger partial charge in [-0.15, -0.1) is 0 Å². The fourth-order valence-corrected chi connectivity index (χ4v) is 5.02. The number of aryl methyl sites for hydroxylation is 1. The first-order valence-corrected chi connectivity index (χ1v) is 11.3. The normalized spacial score (nSPS) is 19.5. The lowest BCUT2D eigenvalue weighted by atomic mass is 10.2. The van der Waals surface area contributed by atoms with Crippen molar-refractivity contribution in [2.75, 3.05) is 44.7 Å². The van der Waals surface area contributed by atoms with Gasteiger partial charge >= 0.3 is 0 Å². The number of rotatable bonds is 4. The Balaban J connectivity index is 1.87. The van der Waals surface area contributed by atoms with Gasteiger partial charge in [0, 0.05) is 38.9 Å². The predicted octanol–water partition coefficient (Wildman–Crippen LogP) is 2.37. The van der Waals surface area contributed by atoms with Gasteiger partial charge < -0.3 is 9.80 Å². The standard InChI is InChI=1S/C21H25N5O2S2/c1-4-7-26-20(28)16(30-21(26)29)13-15-18(24-11-9-23(3)10-12-24)22-17-14(2)6-5-8-25(17)19(15)27/h5-6,8,13H,4,7,9-12H2,1-3H3. The summed E-state index contributed by atoms with van der Waals surface area (Å²) in [6, 6.07) is 3.79. The van der Waals surface area contributed by atoms with Crippen LogP contribution in [0.2, 0.25) is 0 Å². The van der Waals surface area contributed by atoms with Crippen LogP contribution >= 0.6 is 24.0 Å². The van der Waals surface area contributed by atoms with Crippen molar-refractivity contribution in [2.45, 2.75) is 20.3 Å². The Morgan fingerprint density at radius 2 is 1.97 bits per heavy atom. The largest absolute Gasteiger partial charge is 0.353 e. The number of nitrogens with zero attached hydrogens (tertiary/aromatic N) is 5. The molecule has 0 bridgehead atoms. The number of likely N-dealkylation sites (N-methyl/N-ethyl adjacent to an activating group) is 1. The molecule has 0 aliphatic carbocycles. The average Bonchev–Trinajstić information content (AvgIpc) is 2.99. The maximum atomic E-state index is 13.5. The van der Waals surface area contributed by atoms with Gasteiger partial charge in [-0.25, -0.2) is 4.98 Å². The van der Waals surface area contributed by atoms with E-state index in [2.05, 4.69) is 16.8 Å². The van der Waals surface area contributed by atoms with Crippen LogP contribution in [0.25, 0.3) is 11.7 Å². The summed E-state index contributed by atoms with van der Waals surface area (Å²) in [4.78, 5) is 37.7. The quantitative estimate of drug-likeness (QED) is 0.531. The van der Waals surface area contributed by atoms with E-state index in [0.29, 0.717) is 32.8 Å². The van der Waals surface area contributed by atoms with Gasteiger partial charge in [0.25, 0.3) is 11.5 Å². The number of fused-ring (bicyclic) bond motifs is 1. The van der Waals surface area contributed by atoms with Crippen molar-refractivity contribution < 1.29 is 4.79 Å². The van der Waals surface area contributed by atoms with Crippen molar-refractivity contribution in [1.82, 2.24) is 19.2 Å². The maximum Gasteiger partial charge on any atom is 0.267 e. The Bertz CT molecular complexity index is 1100. The molecule has 2 aromatic heterocycles. The van der Waals surface area contributed by atoms with E-state index in [0.717, 1.165) is 38.2 Å². The minimum Gasteiger partial charge on any atom is -0.353 e. The first-order chi connectivity index (χ1) is 14.4. The average molecular weight is 444 g/mol. The minimum atomic E-state index is -0.168. The number of thiocarbonyl (C=S) groups is 1. The van der Waals surface area contributed by atoms with E-state index >= 15 is 0 Å². The number of pyridine rings is 1. The van der Waals surface area contributed by atoms with Crippen molar-refractivity contribution in [2.24, 2.45) is 0 Å². The molecule has 0 N–H and O–H groups in total. The number of hydrogen-bond donors (Lipinski definition) is 0. The number of amides is 1. The number of carbonyl (C=O) groups excluding carboxylic acids is 1. The molecule has 2 saturated heterocycles. The second kappa shape index (κ2) is 8.49. The highest BCUT2D eigenvalue weighted by Crippen LogP contribution is 2.33. The summed E-state index contributed by atoms with van der Waals surface area (Å²) < 4.78 is 2.10. The third-order valence-corrected chi connectivity index (χ3v) is 6.84. The van der Waals surface area contributed by atoms with Gasteiger partial charge in [0.05, 0.1) is 10.5 Å². The molecule has 0 spiro atoms. The van der Waals surface area contributed by atoms with E-state index in [-0.39, 0.29) is 11.5 Å². The molecule has 0 unspecified atom stereocenters. The second-order valence-electron chi connectivity index (χ2n) is 7.66. The van der Waals surface area contributed by atoms with E-state index < -0.39 is 0 Å². The molecule has 7 nitrogen and oxygen atoms in total. The molecule has 2 aliphatic rings. The lowest BCUT2D eigenvalue weighted by Crippen LogP contribution is -2.45. The highest BCUT2D eigenvalue weighted by molar-refractivity contribution is 8.26. The van der Waals surface area contributed by atoms with Gasteiger partial charge in [-0.1, -0.05) is 37.0 Å². The molecular formula is C21H25N5O2S2. The van der Waals surface area contributed by atoms with Crippen LogP contribution < -0.4 is 10.5 Å². The number of aromatic nitrogens is 2. The van der Waals surface area contributed by atoms with Crippen LogP contribution in [-0.4, -0.2) is 69.2 Å². The molecule has 4 rings (SSSR count). The first kappa shape index (κ1) is 21.0. The van der Waals surface area contributed by atoms with Crippen LogP contribution in [0.1, 0.15) is 24.5 Å². The van der Waals surface area contributed by atoms with Crippen molar-refractivity contribution >= 4 is 51.7 Å². The molecule has 2 aliphatic heterocycles. The third kappa shape index (κ3) is 3.77. The van der Waals surface area contributed by atoms with Gasteiger partial charge in [-0.3, -0.25) is 18.9 Å². The molecule has 158 valence electrons. The van der Waals surface area contributed by atoms with Crippen molar-refractivity contribution in [1.29, 1.82) is 0 Å². The molecule has 0 atom stereocenters. The van der Waals surface area contributed by atoms with Crippen LogP contribution in [0.3, 0.4) is 0 Å². The van der Waals surface area contributed by atoms with E-state index in [1.54, 1.807) is 21.6 Å². The molecule has 2 aromatic rings. The molecule has 0 radical (unpaired) electrons. The fraction of sp³-hybridized carbons (Fsp3) is 0.429. The van der Waals surface area contributed by atoms with E-state index in [4.69, 9.17) is 17.2 Å². The van der Waals surface area contributed by atoms with Crippen LogP contribution in [-0.2, 0) is 4.79 Å². The molecule has 1 amide bonds. The Hall–Kier alpha value is -2.23. The van der Waals surface area contributed by atoms with E-state index in [9.17, 15) is 9.59 Å². The zero-order valence-electron chi connectivity index (χ0n) is 17.4. The van der Waals surface area contributed by atoms with Gasteiger partial charge in [0.2, 0.25) is 0 Å². The summed E-state index contributed by atoms with van der Waals surface area (Å²) in [5.74, 6) is 0.507. The lowest BCUT2D eigenvalue weighted by Gasteiger charge is -2.34. The Morgan fingerprint density at radius 1 is 1.23 bits per heavy atom. The van der Waals surface area contributed by atoms with Crippen LogP contribution in [0, 0.1) is 6.92 Å². The van der Waals surface area contributed by atoms with Gasteiger partial charge in [0.1, 0.15) is 15.8 Å². The third-order valence-electron chi connectivity index (χ3n) is 5.46. The van der Waals surface area contributed by atoms with Crippen molar-refractivity contribution in [3.63, 3.8) is 0 Å². The maximum absolute atomic E-state index is 13.5. The smallest absolute Gasteiger partial charge is 0.267 e. The van der Waals surface area contributed by atoms with Crippen molar-refractivity contribution in [3.05, 3.63) is 44.7 Å². The highest BCUT2D eigenvalue weighted by atomic mass is 32.2. The number of anilines is 1.